The van der Waals surface area contributed by atoms with E-state index in [2.05, 4.69) is 15.8 Å². The van der Waals surface area contributed by atoms with Gasteiger partial charge in [0, 0.05) is 24.0 Å². The van der Waals surface area contributed by atoms with Gasteiger partial charge in [-0.3, -0.25) is 20.4 Å². The minimum atomic E-state index is -0.460. The number of rotatable bonds is 6. The largest absolute Gasteiger partial charge is 0.483 e. The number of pyridine rings is 1. The molecule has 2 amide bonds. The van der Waals surface area contributed by atoms with Gasteiger partial charge in [0.05, 0.1) is 11.1 Å². The number of fused-ring (bicyclic) bond motifs is 1. The Balaban J connectivity index is 1.26. The second-order valence-corrected chi connectivity index (χ2v) is 8.40. The van der Waals surface area contributed by atoms with Gasteiger partial charge in [0.25, 0.3) is 11.8 Å². The van der Waals surface area contributed by atoms with Crippen molar-refractivity contribution in [1.82, 2.24) is 15.8 Å². The van der Waals surface area contributed by atoms with E-state index in [-0.39, 0.29) is 6.61 Å². The molecule has 2 heterocycles. The zero-order chi connectivity index (χ0) is 24.0. The van der Waals surface area contributed by atoms with Gasteiger partial charge >= 0.3 is 0 Å². The molecule has 5 rings (SSSR count). The highest BCUT2D eigenvalue weighted by Crippen LogP contribution is 2.29. The van der Waals surface area contributed by atoms with E-state index in [0.717, 1.165) is 48.0 Å². The fourth-order valence-corrected chi connectivity index (χ4v) is 4.26. The van der Waals surface area contributed by atoms with Crippen molar-refractivity contribution in [1.29, 1.82) is 0 Å². The topological polar surface area (TPSA) is 83.6 Å². The Bertz CT molecular complexity index is 1350. The minimum Gasteiger partial charge on any atom is -0.483 e. The molecular weight excluding hydrogens is 440 g/mol. The average molecular weight is 467 g/mol. The fraction of sp³-hybridized carbons (Fsp3) is 0.179. The Morgan fingerprint density at radius 3 is 2.40 bits per heavy atom. The Labute approximate surface area is 203 Å². The van der Waals surface area contributed by atoms with Crippen LogP contribution < -0.4 is 20.5 Å². The lowest BCUT2D eigenvalue weighted by atomic mass is 10.1. The van der Waals surface area contributed by atoms with Crippen molar-refractivity contribution in [3.63, 3.8) is 0 Å². The molecule has 4 aromatic rings. The van der Waals surface area contributed by atoms with Gasteiger partial charge in [-0.05, 0) is 36.6 Å². The molecule has 1 aromatic heterocycles. The number of nitrogens with one attached hydrogen (secondary N) is 2. The number of ether oxygens (including phenoxy) is 1. The van der Waals surface area contributed by atoms with E-state index >= 15 is 0 Å². The van der Waals surface area contributed by atoms with Crippen LogP contribution in [0.4, 0.5) is 5.82 Å². The van der Waals surface area contributed by atoms with E-state index in [1.165, 1.54) is 0 Å². The molecule has 0 aliphatic carbocycles. The molecule has 7 heteroatoms. The van der Waals surface area contributed by atoms with Gasteiger partial charge in [-0.2, -0.15) is 0 Å². The third kappa shape index (κ3) is 5.09. The van der Waals surface area contributed by atoms with Gasteiger partial charge in [-0.15, -0.1) is 0 Å². The summed E-state index contributed by atoms with van der Waals surface area (Å²) in [7, 11) is 0. The molecule has 0 spiro atoms. The van der Waals surface area contributed by atoms with E-state index in [0.29, 0.717) is 17.1 Å². The molecule has 0 saturated carbocycles. The van der Waals surface area contributed by atoms with Gasteiger partial charge in [-0.25, -0.2) is 4.98 Å². The van der Waals surface area contributed by atoms with E-state index < -0.39 is 11.8 Å². The molecule has 1 aliphatic rings. The highest BCUT2D eigenvalue weighted by molar-refractivity contribution is 6.03. The molecule has 0 bridgehead atoms. The normalized spacial score (nSPS) is 13.0. The molecule has 0 atom stereocenters. The lowest BCUT2D eigenvalue weighted by molar-refractivity contribution is -0.123. The first-order chi connectivity index (χ1) is 17.2. The van der Waals surface area contributed by atoms with Crippen LogP contribution in [0.3, 0.4) is 0 Å². The van der Waals surface area contributed by atoms with Crippen LogP contribution in [0.15, 0.2) is 84.9 Å². The maximum Gasteiger partial charge on any atom is 0.276 e. The number of amides is 2. The van der Waals surface area contributed by atoms with Gasteiger partial charge in [0.2, 0.25) is 0 Å². The first kappa shape index (κ1) is 22.4. The first-order valence-corrected chi connectivity index (χ1v) is 11.7. The van der Waals surface area contributed by atoms with Crippen LogP contribution in [0.25, 0.3) is 22.0 Å². The van der Waals surface area contributed by atoms with Crippen molar-refractivity contribution in [3.8, 4) is 16.9 Å². The summed E-state index contributed by atoms with van der Waals surface area (Å²) in [6, 6.07) is 26.9. The average Bonchev–Trinajstić information content (AvgIpc) is 3.45. The summed E-state index contributed by atoms with van der Waals surface area (Å²) in [6.45, 7) is 1.47. The van der Waals surface area contributed by atoms with E-state index in [1.807, 2.05) is 84.9 Å². The van der Waals surface area contributed by atoms with Crippen molar-refractivity contribution < 1.29 is 14.3 Å². The summed E-state index contributed by atoms with van der Waals surface area (Å²) in [4.78, 5) is 32.4. The molecule has 1 fully saturated rings. The third-order valence-corrected chi connectivity index (χ3v) is 6.00. The summed E-state index contributed by atoms with van der Waals surface area (Å²) >= 11 is 0. The van der Waals surface area contributed by atoms with Crippen LogP contribution >= 0.6 is 0 Å². The predicted octanol–water partition coefficient (Wildman–Crippen LogP) is 4.34. The Kier molecular flexibility index (Phi) is 6.57. The lowest BCUT2D eigenvalue weighted by Gasteiger charge is -2.20. The van der Waals surface area contributed by atoms with E-state index in [4.69, 9.17) is 9.72 Å². The number of nitrogens with zero attached hydrogens (tertiary/aromatic N) is 2. The van der Waals surface area contributed by atoms with Crippen molar-refractivity contribution >= 4 is 28.5 Å². The Morgan fingerprint density at radius 2 is 1.57 bits per heavy atom. The monoisotopic (exact) mass is 466 g/mol. The molecule has 35 heavy (non-hydrogen) atoms. The Hall–Kier alpha value is -4.39. The lowest BCUT2D eigenvalue weighted by Crippen LogP contribution is -2.44. The first-order valence-electron chi connectivity index (χ1n) is 11.7. The SMILES string of the molecule is O=C(COc1ccccc1-c1ccccc1)NNC(=O)c1cc2ccccc2nc1N1CCCC1. The zero-order valence-electron chi connectivity index (χ0n) is 19.2. The second-order valence-electron chi connectivity index (χ2n) is 8.40. The highest BCUT2D eigenvalue weighted by atomic mass is 16.5. The molecule has 1 saturated heterocycles. The third-order valence-electron chi connectivity index (χ3n) is 6.00. The maximum atomic E-state index is 13.1. The van der Waals surface area contributed by atoms with Gasteiger partial charge in [0.15, 0.2) is 6.61 Å². The number of carbonyl (C=O) groups excluding carboxylic acids is 2. The van der Waals surface area contributed by atoms with Crippen LogP contribution in [0.2, 0.25) is 0 Å². The quantitative estimate of drug-likeness (QED) is 0.413. The summed E-state index contributed by atoms with van der Waals surface area (Å²) in [5.41, 5.74) is 8.14. The molecule has 0 radical (unpaired) electrons. The number of para-hydroxylation sites is 2. The van der Waals surface area contributed by atoms with Crippen LogP contribution in [0.5, 0.6) is 5.75 Å². The number of hydrogen-bond donors (Lipinski definition) is 2. The highest BCUT2D eigenvalue weighted by Gasteiger charge is 2.22. The van der Waals surface area contributed by atoms with Crippen molar-refractivity contribution in [2.24, 2.45) is 0 Å². The molecule has 7 nitrogen and oxygen atoms in total. The molecule has 0 unspecified atom stereocenters. The van der Waals surface area contributed by atoms with Gasteiger partial charge in [-0.1, -0.05) is 66.7 Å². The minimum absolute atomic E-state index is 0.237. The van der Waals surface area contributed by atoms with Crippen LogP contribution in [-0.4, -0.2) is 36.5 Å². The van der Waals surface area contributed by atoms with Gasteiger partial charge < -0.3 is 9.64 Å². The van der Waals surface area contributed by atoms with Crippen molar-refractivity contribution in [2.45, 2.75) is 12.8 Å². The molecular formula is C28H26N4O3. The number of hydrogen-bond acceptors (Lipinski definition) is 5. The summed E-state index contributed by atoms with van der Waals surface area (Å²) in [6.07, 6.45) is 2.13. The maximum absolute atomic E-state index is 13.1. The van der Waals surface area contributed by atoms with Gasteiger partial charge in [0.1, 0.15) is 11.6 Å². The van der Waals surface area contributed by atoms with Crippen LogP contribution in [0, 0.1) is 0 Å². The molecule has 1 aliphatic heterocycles. The molecule has 176 valence electrons. The molecule has 3 aromatic carbocycles. The number of aromatic nitrogens is 1. The predicted molar refractivity (Wildman–Crippen MR) is 136 cm³/mol. The summed E-state index contributed by atoms with van der Waals surface area (Å²) in [5.74, 6) is 0.358. The van der Waals surface area contributed by atoms with E-state index in [9.17, 15) is 9.59 Å². The number of carbonyl (C=O) groups is 2. The second kappa shape index (κ2) is 10.3. The molecule has 2 N–H and O–H groups in total. The fourth-order valence-electron chi connectivity index (χ4n) is 4.26. The Morgan fingerprint density at radius 1 is 0.857 bits per heavy atom. The standard InChI is InChI=1S/C28H26N4O3/c33-26(19-35-25-15-7-5-13-22(25)20-10-2-1-3-11-20)30-31-28(34)23-18-21-12-4-6-14-24(21)29-27(23)32-16-8-9-17-32/h1-7,10-15,18H,8-9,16-17,19H2,(H,30,33)(H,31,34). The summed E-state index contributed by atoms with van der Waals surface area (Å²) < 4.78 is 5.77. The van der Waals surface area contributed by atoms with E-state index in [1.54, 1.807) is 0 Å². The van der Waals surface area contributed by atoms with Crippen molar-refractivity contribution in [2.75, 3.05) is 24.6 Å². The smallest absolute Gasteiger partial charge is 0.276 e. The number of benzene rings is 3. The summed E-state index contributed by atoms with van der Waals surface area (Å²) in [5, 5.41) is 0.868. The number of hydrazine groups is 1. The van der Waals surface area contributed by atoms with Crippen LogP contribution in [-0.2, 0) is 4.79 Å². The number of anilines is 1. The van der Waals surface area contributed by atoms with Crippen molar-refractivity contribution in [3.05, 3.63) is 90.5 Å². The zero-order valence-corrected chi connectivity index (χ0v) is 19.2. The van der Waals surface area contributed by atoms with Crippen LogP contribution in [0.1, 0.15) is 23.2 Å².